The molecule has 0 heterocycles. The molecule has 0 bridgehead atoms. The van der Waals surface area contributed by atoms with Gasteiger partial charge in [-0.05, 0) is 5.56 Å². The molecule has 1 unspecified atom stereocenters. The first kappa shape index (κ1) is 12.5. The zero-order chi connectivity index (χ0) is 12.3. The van der Waals surface area contributed by atoms with Crippen LogP contribution in [-0.2, 0) is 4.79 Å². The maximum absolute atomic E-state index is 12.7. The molecular weight excluding hydrogens is 223 g/mol. The summed E-state index contributed by atoms with van der Waals surface area (Å²) in [6, 6.07) is 4.78. The van der Waals surface area contributed by atoms with Gasteiger partial charge >= 0.3 is 12.1 Å². The average Bonchev–Trinajstić information content (AvgIpc) is 2.17. The Labute approximate surface area is 89.7 Å². The molecule has 16 heavy (non-hydrogen) atoms. The second-order valence-electron chi connectivity index (χ2n) is 3.29. The Morgan fingerprint density at radius 1 is 1.25 bits per heavy atom. The molecule has 0 saturated carbocycles. The molecule has 0 aliphatic heterocycles. The first-order valence-corrected chi connectivity index (χ1v) is 4.44. The van der Waals surface area contributed by atoms with Crippen LogP contribution < -0.4 is 5.73 Å². The van der Waals surface area contributed by atoms with Gasteiger partial charge in [-0.15, -0.1) is 0 Å². The van der Waals surface area contributed by atoms with Crippen molar-refractivity contribution in [1.29, 1.82) is 0 Å². The number of aliphatic carboxylic acids is 1. The fraction of sp³-hybridized carbons (Fsp3) is 0.300. The van der Waals surface area contributed by atoms with Gasteiger partial charge in [0.2, 0.25) is 0 Å². The van der Waals surface area contributed by atoms with Crippen molar-refractivity contribution >= 4 is 5.97 Å². The van der Waals surface area contributed by atoms with Gasteiger partial charge in [0.15, 0.2) is 0 Å². The first-order valence-electron chi connectivity index (χ1n) is 4.44. The number of nitrogens with two attached hydrogens (primary N) is 1. The highest BCUT2D eigenvalue weighted by Gasteiger charge is 2.47. The number of carbonyl (C=O) groups is 1. The summed E-state index contributed by atoms with van der Waals surface area (Å²) in [5.41, 5.74) is 4.91. The van der Waals surface area contributed by atoms with Crippen molar-refractivity contribution in [3.8, 4) is 0 Å². The van der Waals surface area contributed by atoms with Crippen LogP contribution in [-0.4, -0.2) is 23.3 Å². The highest BCUT2D eigenvalue weighted by molar-refractivity contribution is 5.74. The Morgan fingerprint density at radius 2 is 1.75 bits per heavy atom. The van der Waals surface area contributed by atoms with Crippen LogP contribution >= 0.6 is 0 Å². The summed E-state index contributed by atoms with van der Waals surface area (Å²) in [5.74, 6) is -3.86. The largest absolute Gasteiger partial charge is 0.480 e. The number of rotatable bonds is 3. The van der Waals surface area contributed by atoms with Gasteiger partial charge in [0.25, 0.3) is 0 Å². The summed E-state index contributed by atoms with van der Waals surface area (Å²) in [6.45, 7) is 0. The van der Waals surface area contributed by atoms with E-state index in [1.165, 1.54) is 24.3 Å². The number of halogens is 3. The van der Waals surface area contributed by atoms with E-state index in [9.17, 15) is 18.0 Å². The van der Waals surface area contributed by atoms with Crippen LogP contribution in [0.5, 0.6) is 0 Å². The maximum atomic E-state index is 12.7. The topological polar surface area (TPSA) is 63.3 Å². The molecule has 0 radical (unpaired) electrons. The molecule has 0 saturated heterocycles. The minimum Gasteiger partial charge on any atom is -0.480 e. The summed E-state index contributed by atoms with van der Waals surface area (Å²) >= 11 is 0. The fourth-order valence-electron chi connectivity index (χ4n) is 1.40. The van der Waals surface area contributed by atoms with Crippen LogP contribution in [0, 0.1) is 0 Å². The highest BCUT2D eigenvalue weighted by atomic mass is 19.4. The molecule has 1 aromatic rings. The Kier molecular flexibility index (Phi) is 3.54. The van der Waals surface area contributed by atoms with E-state index in [4.69, 9.17) is 10.8 Å². The lowest BCUT2D eigenvalue weighted by Crippen LogP contribution is -2.43. The summed E-state index contributed by atoms with van der Waals surface area (Å²) in [5, 5.41) is 8.55. The van der Waals surface area contributed by atoms with Crippen molar-refractivity contribution in [1.82, 2.24) is 0 Å². The van der Waals surface area contributed by atoms with Crippen LogP contribution in [0.1, 0.15) is 11.5 Å². The highest BCUT2D eigenvalue weighted by Crippen LogP contribution is 2.36. The summed E-state index contributed by atoms with van der Waals surface area (Å²) in [7, 11) is 0. The molecule has 88 valence electrons. The smallest absolute Gasteiger partial charge is 0.397 e. The number of carboxylic acid groups (broad SMARTS) is 1. The summed E-state index contributed by atoms with van der Waals surface area (Å²) in [4.78, 5) is 10.5. The van der Waals surface area contributed by atoms with Gasteiger partial charge in [0, 0.05) is 0 Å². The van der Waals surface area contributed by atoms with Crippen LogP contribution in [0.15, 0.2) is 30.3 Å². The predicted octanol–water partition coefficient (Wildman–Crippen LogP) is 1.74. The van der Waals surface area contributed by atoms with Crippen molar-refractivity contribution in [3.63, 3.8) is 0 Å². The SMILES string of the molecule is N[C@H](C(=O)O)C(c1ccccc1)C(F)(F)F. The lowest BCUT2D eigenvalue weighted by atomic mass is 9.91. The molecule has 1 aromatic carbocycles. The summed E-state index contributed by atoms with van der Waals surface area (Å²) < 4.78 is 38.0. The van der Waals surface area contributed by atoms with E-state index in [2.05, 4.69) is 0 Å². The third-order valence-corrected chi connectivity index (χ3v) is 2.16. The molecule has 0 aliphatic carbocycles. The van der Waals surface area contributed by atoms with Gasteiger partial charge in [-0.3, -0.25) is 4.79 Å². The first-order chi connectivity index (χ1) is 7.34. The number of hydrogen-bond donors (Lipinski definition) is 2. The van der Waals surface area contributed by atoms with Gasteiger partial charge < -0.3 is 10.8 Å². The lowest BCUT2D eigenvalue weighted by Gasteiger charge is -2.23. The van der Waals surface area contributed by atoms with Gasteiger partial charge in [0.1, 0.15) is 12.0 Å². The molecule has 2 atom stereocenters. The van der Waals surface area contributed by atoms with Crippen molar-refractivity contribution in [3.05, 3.63) is 35.9 Å². The standard InChI is InChI=1S/C10H10F3NO2/c11-10(12,13)7(8(14)9(15)16)6-4-2-1-3-5-6/h1-5,7-8H,14H2,(H,15,16)/t7?,8-/m0/s1. The Morgan fingerprint density at radius 3 is 2.12 bits per heavy atom. The van der Waals surface area contributed by atoms with Crippen LogP contribution in [0.3, 0.4) is 0 Å². The van der Waals surface area contributed by atoms with Crippen molar-refractivity contribution in [2.45, 2.75) is 18.1 Å². The van der Waals surface area contributed by atoms with E-state index < -0.39 is 24.1 Å². The number of carboxylic acids is 1. The number of benzene rings is 1. The Balaban J connectivity index is 3.12. The molecule has 0 aliphatic rings. The Hall–Kier alpha value is -1.56. The molecule has 3 N–H and O–H groups in total. The third-order valence-electron chi connectivity index (χ3n) is 2.16. The monoisotopic (exact) mass is 233 g/mol. The normalized spacial score (nSPS) is 15.5. The van der Waals surface area contributed by atoms with Crippen molar-refractivity contribution in [2.24, 2.45) is 5.73 Å². The van der Waals surface area contributed by atoms with Gasteiger partial charge in [-0.1, -0.05) is 30.3 Å². The van der Waals surface area contributed by atoms with E-state index in [-0.39, 0.29) is 5.56 Å². The average molecular weight is 233 g/mol. The van der Waals surface area contributed by atoms with E-state index in [1.54, 1.807) is 6.07 Å². The molecule has 0 fully saturated rings. The molecule has 0 aromatic heterocycles. The molecule has 0 spiro atoms. The molecule has 6 heteroatoms. The number of alkyl halides is 3. The molecule has 3 nitrogen and oxygen atoms in total. The van der Waals surface area contributed by atoms with E-state index in [1.807, 2.05) is 0 Å². The second-order valence-corrected chi connectivity index (χ2v) is 3.29. The Bertz CT molecular complexity index is 364. The molecular formula is C10H10F3NO2. The number of hydrogen-bond acceptors (Lipinski definition) is 2. The van der Waals surface area contributed by atoms with Gasteiger partial charge in [0.05, 0.1) is 0 Å². The minimum atomic E-state index is -4.68. The molecule has 0 amide bonds. The second kappa shape index (κ2) is 4.52. The van der Waals surface area contributed by atoms with Crippen molar-refractivity contribution < 1.29 is 23.1 Å². The zero-order valence-electron chi connectivity index (χ0n) is 8.11. The van der Waals surface area contributed by atoms with Gasteiger partial charge in [-0.2, -0.15) is 13.2 Å². The zero-order valence-corrected chi connectivity index (χ0v) is 8.11. The van der Waals surface area contributed by atoms with E-state index in [0.29, 0.717) is 0 Å². The van der Waals surface area contributed by atoms with Crippen LogP contribution in [0.2, 0.25) is 0 Å². The minimum absolute atomic E-state index is 0.148. The fourth-order valence-corrected chi connectivity index (χ4v) is 1.40. The van der Waals surface area contributed by atoms with Gasteiger partial charge in [-0.25, -0.2) is 0 Å². The van der Waals surface area contributed by atoms with Crippen LogP contribution in [0.25, 0.3) is 0 Å². The molecule has 1 rings (SSSR count). The van der Waals surface area contributed by atoms with E-state index >= 15 is 0 Å². The van der Waals surface area contributed by atoms with E-state index in [0.717, 1.165) is 0 Å². The van der Waals surface area contributed by atoms with Crippen LogP contribution in [0.4, 0.5) is 13.2 Å². The maximum Gasteiger partial charge on any atom is 0.397 e. The summed E-state index contributed by atoms with van der Waals surface area (Å²) in [6.07, 6.45) is -4.68. The third kappa shape index (κ3) is 2.73. The van der Waals surface area contributed by atoms with Crippen molar-refractivity contribution in [2.75, 3.05) is 0 Å². The lowest BCUT2D eigenvalue weighted by molar-refractivity contribution is -0.167. The predicted molar refractivity (Wildman–Crippen MR) is 50.8 cm³/mol. The quantitative estimate of drug-likeness (QED) is 0.835.